The van der Waals surface area contributed by atoms with Crippen LogP contribution in [-0.4, -0.2) is 11.5 Å². The molecule has 0 amide bonds. The molecule has 0 heterocycles. The van der Waals surface area contributed by atoms with Gasteiger partial charge in [-0.15, -0.1) is 0 Å². The van der Waals surface area contributed by atoms with Crippen LogP contribution in [0.5, 0.6) is 0 Å². The topological polar surface area (TPSA) is 17.1 Å². The quantitative estimate of drug-likeness (QED) is 0.553. The van der Waals surface area contributed by atoms with Crippen LogP contribution < -0.4 is 0 Å². The number of ketones is 1. The molecular weight excluding hydrogens is 194 g/mol. The van der Waals surface area contributed by atoms with Crippen LogP contribution >= 0.6 is 11.8 Å². The summed E-state index contributed by atoms with van der Waals surface area (Å²) in [6.45, 7) is 1.41. The molecule has 1 aromatic carbocycles. The molecule has 1 nitrogen and oxygen atoms in total. The Morgan fingerprint density at radius 3 is 2.69 bits per heavy atom. The predicted octanol–water partition coefficient (Wildman–Crippen LogP) is 3.20. The zero-order chi connectivity index (χ0) is 9.84. The second kappa shape index (κ2) is 4.37. The minimum atomic E-state index is -2.44. The lowest BCUT2D eigenvalue weighted by atomic mass is 10.2. The third-order valence-electron chi connectivity index (χ3n) is 1.47. The Balaban J connectivity index is 2.85. The van der Waals surface area contributed by atoms with E-state index in [2.05, 4.69) is 0 Å². The summed E-state index contributed by atoms with van der Waals surface area (Å²) in [7, 11) is 0. The number of rotatable bonds is 3. The van der Waals surface area contributed by atoms with E-state index >= 15 is 0 Å². The highest BCUT2D eigenvalue weighted by molar-refractivity contribution is 7.99. The smallest absolute Gasteiger partial charge is 0.288 e. The minimum absolute atomic E-state index is 0.114. The van der Waals surface area contributed by atoms with Gasteiger partial charge in [-0.25, -0.2) is 0 Å². The van der Waals surface area contributed by atoms with E-state index in [1.54, 1.807) is 18.2 Å². The van der Waals surface area contributed by atoms with Crippen molar-refractivity contribution >= 4 is 17.5 Å². The van der Waals surface area contributed by atoms with Crippen molar-refractivity contribution in [2.75, 3.05) is 0 Å². The van der Waals surface area contributed by atoms with Crippen molar-refractivity contribution < 1.29 is 13.6 Å². The normalized spacial score (nSPS) is 10.5. The summed E-state index contributed by atoms with van der Waals surface area (Å²) in [4.78, 5) is 11.3. The van der Waals surface area contributed by atoms with Gasteiger partial charge in [0, 0.05) is 10.5 Å². The van der Waals surface area contributed by atoms with Gasteiger partial charge in [0.15, 0.2) is 5.78 Å². The molecule has 0 radical (unpaired) electrons. The Labute approximate surface area is 79.1 Å². The largest absolute Gasteiger partial charge is 0.295 e. The van der Waals surface area contributed by atoms with Gasteiger partial charge in [0.2, 0.25) is 0 Å². The fraction of sp³-hybridized carbons (Fsp3) is 0.222. The van der Waals surface area contributed by atoms with Crippen LogP contribution in [0.25, 0.3) is 0 Å². The number of alkyl halides is 2. The van der Waals surface area contributed by atoms with Gasteiger partial charge in [-0.1, -0.05) is 23.9 Å². The molecule has 0 aromatic heterocycles. The highest BCUT2D eigenvalue weighted by Gasteiger charge is 2.06. The van der Waals surface area contributed by atoms with Gasteiger partial charge in [-0.3, -0.25) is 4.79 Å². The summed E-state index contributed by atoms with van der Waals surface area (Å²) in [5.41, 5.74) is 0.464. The first-order valence-electron chi connectivity index (χ1n) is 3.65. The maximum Gasteiger partial charge on any atom is 0.288 e. The number of carbonyl (C=O) groups excluding carboxylic acids is 1. The SMILES string of the molecule is CC(=O)c1cccc(SC(F)F)c1. The second-order valence-corrected chi connectivity index (χ2v) is 3.53. The number of Topliss-reactive ketones (excluding diaryl/α,β-unsaturated/α-hetero) is 1. The molecule has 0 saturated heterocycles. The molecule has 0 spiro atoms. The number of benzene rings is 1. The van der Waals surface area contributed by atoms with E-state index in [4.69, 9.17) is 0 Å². The van der Waals surface area contributed by atoms with Crippen LogP contribution in [0.15, 0.2) is 29.2 Å². The van der Waals surface area contributed by atoms with Gasteiger partial charge in [0.1, 0.15) is 0 Å². The number of halogens is 2. The number of hydrogen-bond donors (Lipinski definition) is 0. The van der Waals surface area contributed by atoms with Crippen molar-refractivity contribution in [3.05, 3.63) is 29.8 Å². The van der Waals surface area contributed by atoms with Crippen molar-refractivity contribution in [1.29, 1.82) is 0 Å². The lowest BCUT2D eigenvalue weighted by molar-refractivity contribution is 0.101. The van der Waals surface area contributed by atoms with E-state index in [-0.39, 0.29) is 5.78 Å². The molecule has 13 heavy (non-hydrogen) atoms. The average Bonchev–Trinajstić information content (AvgIpc) is 2.03. The Morgan fingerprint density at radius 1 is 1.46 bits per heavy atom. The molecule has 1 aromatic rings. The van der Waals surface area contributed by atoms with Crippen LogP contribution in [-0.2, 0) is 0 Å². The van der Waals surface area contributed by atoms with E-state index in [1.807, 2.05) is 0 Å². The lowest BCUT2D eigenvalue weighted by Gasteiger charge is -2.01. The van der Waals surface area contributed by atoms with Crippen LogP contribution in [0.2, 0.25) is 0 Å². The molecule has 0 aliphatic rings. The van der Waals surface area contributed by atoms with Crippen LogP contribution in [0.1, 0.15) is 17.3 Å². The van der Waals surface area contributed by atoms with Gasteiger partial charge in [0.25, 0.3) is 5.76 Å². The highest BCUT2D eigenvalue weighted by Crippen LogP contribution is 2.25. The summed E-state index contributed by atoms with van der Waals surface area (Å²) >= 11 is 0.444. The second-order valence-electron chi connectivity index (χ2n) is 2.46. The predicted molar refractivity (Wildman–Crippen MR) is 48.3 cm³/mol. The van der Waals surface area contributed by atoms with Crippen molar-refractivity contribution in [2.45, 2.75) is 17.6 Å². The first kappa shape index (κ1) is 10.2. The molecule has 0 bridgehead atoms. The average molecular weight is 202 g/mol. The van der Waals surface area contributed by atoms with E-state index in [0.29, 0.717) is 22.2 Å². The van der Waals surface area contributed by atoms with Crippen molar-refractivity contribution in [3.8, 4) is 0 Å². The van der Waals surface area contributed by atoms with Gasteiger partial charge in [-0.2, -0.15) is 8.78 Å². The van der Waals surface area contributed by atoms with Crippen LogP contribution in [0.4, 0.5) is 8.78 Å². The molecule has 0 fully saturated rings. The maximum absolute atomic E-state index is 11.9. The minimum Gasteiger partial charge on any atom is -0.295 e. The molecule has 70 valence electrons. The van der Waals surface area contributed by atoms with E-state index in [1.165, 1.54) is 13.0 Å². The van der Waals surface area contributed by atoms with E-state index < -0.39 is 5.76 Å². The van der Waals surface area contributed by atoms with Crippen LogP contribution in [0, 0.1) is 0 Å². The fourth-order valence-electron chi connectivity index (χ4n) is 0.891. The molecule has 4 heteroatoms. The van der Waals surface area contributed by atoms with Crippen molar-refractivity contribution in [2.24, 2.45) is 0 Å². The van der Waals surface area contributed by atoms with Gasteiger partial charge >= 0.3 is 0 Å². The summed E-state index contributed by atoms with van der Waals surface area (Å²) < 4.78 is 23.9. The first-order valence-corrected chi connectivity index (χ1v) is 4.53. The number of carbonyl (C=O) groups is 1. The standard InChI is InChI=1S/C9H8F2OS/c1-6(12)7-3-2-4-8(5-7)13-9(10)11/h2-5,9H,1H3. The molecule has 1 rings (SSSR count). The zero-order valence-corrected chi connectivity index (χ0v) is 7.78. The number of hydrogen-bond acceptors (Lipinski definition) is 2. The van der Waals surface area contributed by atoms with Crippen LogP contribution in [0.3, 0.4) is 0 Å². The first-order chi connectivity index (χ1) is 6.09. The lowest BCUT2D eigenvalue weighted by Crippen LogP contribution is -1.91. The maximum atomic E-state index is 11.9. The third kappa shape index (κ3) is 3.14. The molecule has 0 atom stereocenters. The number of thioether (sulfide) groups is 1. The third-order valence-corrected chi connectivity index (χ3v) is 2.17. The summed E-state index contributed by atoms with van der Waals surface area (Å²) in [6.07, 6.45) is 0. The van der Waals surface area contributed by atoms with Crippen molar-refractivity contribution in [3.63, 3.8) is 0 Å². The van der Waals surface area contributed by atoms with Gasteiger partial charge in [0.05, 0.1) is 0 Å². The summed E-state index contributed by atoms with van der Waals surface area (Å²) in [5.74, 6) is -2.56. The molecule has 0 unspecified atom stereocenters. The van der Waals surface area contributed by atoms with E-state index in [9.17, 15) is 13.6 Å². The zero-order valence-electron chi connectivity index (χ0n) is 6.96. The molecule has 0 N–H and O–H groups in total. The highest BCUT2D eigenvalue weighted by atomic mass is 32.2. The summed E-state index contributed by atoms with van der Waals surface area (Å²) in [6, 6.07) is 6.24. The molecule has 0 saturated carbocycles. The molecular formula is C9H8F2OS. The fourth-order valence-corrected chi connectivity index (χ4v) is 1.45. The molecule has 0 aliphatic heterocycles. The van der Waals surface area contributed by atoms with Gasteiger partial charge < -0.3 is 0 Å². The van der Waals surface area contributed by atoms with Crippen molar-refractivity contribution in [1.82, 2.24) is 0 Å². The van der Waals surface area contributed by atoms with Gasteiger partial charge in [-0.05, 0) is 19.1 Å². The Bertz CT molecular complexity index is 312. The summed E-state index contributed by atoms with van der Waals surface area (Å²) in [5, 5.41) is 0. The Morgan fingerprint density at radius 2 is 2.15 bits per heavy atom. The Hall–Kier alpha value is -0.900. The Kier molecular flexibility index (Phi) is 3.42. The molecule has 0 aliphatic carbocycles. The monoisotopic (exact) mass is 202 g/mol. The van der Waals surface area contributed by atoms with E-state index in [0.717, 1.165) is 0 Å².